The highest BCUT2D eigenvalue weighted by molar-refractivity contribution is 5.89. The van der Waals surface area contributed by atoms with Crippen molar-refractivity contribution in [3.63, 3.8) is 0 Å². The summed E-state index contributed by atoms with van der Waals surface area (Å²) in [7, 11) is 0. The molecular formula is C15H18N2O3. The van der Waals surface area contributed by atoms with Crippen LogP contribution in [0.4, 0.5) is 5.69 Å². The summed E-state index contributed by atoms with van der Waals surface area (Å²) in [6.45, 7) is 3.01. The van der Waals surface area contributed by atoms with Crippen LogP contribution in [0.15, 0.2) is 18.2 Å². The topological polar surface area (TPSA) is 60.9 Å². The second-order valence-corrected chi connectivity index (χ2v) is 5.41. The molecule has 1 N–H and O–H groups in total. The van der Waals surface area contributed by atoms with Crippen LogP contribution in [0.1, 0.15) is 28.8 Å². The highest BCUT2D eigenvalue weighted by Gasteiger charge is 2.25. The van der Waals surface area contributed by atoms with Crippen LogP contribution in [-0.2, 0) is 11.2 Å². The van der Waals surface area contributed by atoms with Gasteiger partial charge in [0.25, 0.3) is 0 Å². The zero-order valence-corrected chi connectivity index (χ0v) is 11.3. The number of rotatable bonds is 3. The van der Waals surface area contributed by atoms with E-state index in [1.807, 2.05) is 11.0 Å². The van der Waals surface area contributed by atoms with Crippen LogP contribution in [-0.4, -0.2) is 48.1 Å². The molecule has 5 heteroatoms. The molecule has 0 aliphatic carbocycles. The number of nitrogens with zero attached hydrogens (tertiary/aromatic N) is 2. The van der Waals surface area contributed by atoms with Gasteiger partial charge < -0.3 is 14.9 Å². The number of likely N-dealkylation sites (tertiary alicyclic amines) is 1. The third-order valence-corrected chi connectivity index (χ3v) is 4.08. The Morgan fingerprint density at radius 3 is 2.60 bits per heavy atom. The molecule has 0 radical (unpaired) electrons. The second kappa shape index (κ2) is 5.15. The number of hydrogen-bond donors (Lipinski definition) is 1. The van der Waals surface area contributed by atoms with Gasteiger partial charge in [-0.25, -0.2) is 4.79 Å². The van der Waals surface area contributed by atoms with Gasteiger partial charge in [0, 0.05) is 25.3 Å². The van der Waals surface area contributed by atoms with E-state index in [4.69, 9.17) is 5.11 Å². The summed E-state index contributed by atoms with van der Waals surface area (Å²) in [4.78, 5) is 27.0. The number of carbonyl (C=O) groups is 2. The molecule has 1 saturated heterocycles. The maximum atomic E-state index is 12.1. The molecule has 106 valence electrons. The summed E-state index contributed by atoms with van der Waals surface area (Å²) in [5, 5.41) is 9.04. The van der Waals surface area contributed by atoms with E-state index >= 15 is 0 Å². The lowest BCUT2D eigenvalue weighted by molar-refractivity contribution is -0.133. The van der Waals surface area contributed by atoms with E-state index in [0.717, 1.165) is 50.1 Å². The van der Waals surface area contributed by atoms with Gasteiger partial charge >= 0.3 is 5.97 Å². The molecule has 0 unspecified atom stereocenters. The maximum Gasteiger partial charge on any atom is 0.335 e. The van der Waals surface area contributed by atoms with E-state index in [1.54, 1.807) is 12.1 Å². The van der Waals surface area contributed by atoms with Crippen molar-refractivity contribution in [2.24, 2.45) is 0 Å². The molecule has 1 aromatic rings. The highest BCUT2D eigenvalue weighted by atomic mass is 16.4. The lowest BCUT2D eigenvalue weighted by Gasteiger charge is -2.36. The molecule has 0 aromatic heterocycles. The molecule has 1 aromatic carbocycles. The molecule has 0 saturated carbocycles. The molecule has 1 fully saturated rings. The average molecular weight is 274 g/mol. The molecule has 1 amide bonds. The molecule has 2 heterocycles. The fourth-order valence-corrected chi connectivity index (χ4v) is 2.80. The average Bonchev–Trinajstić information content (AvgIpc) is 2.36. The van der Waals surface area contributed by atoms with Crippen LogP contribution < -0.4 is 4.90 Å². The summed E-state index contributed by atoms with van der Waals surface area (Å²) >= 11 is 0. The van der Waals surface area contributed by atoms with E-state index < -0.39 is 5.97 Å². The van der Waals surface area contributed by atoms with Gasteiger partial charge in [0.2, 0.25) is 5.91 Å². The number of amides is 1. The molecule has 0 spiro atoms. The van der Waals surface area contributed by atoms with Crippen LogP contribution in [0, 0.1) is 0 Å². The Kier molecular flexibility index (Phi) is 3.34. The molecule has 0 bridgehead atoms. The van der Waals surface area contributed by atoms with Crippen molar-refractivity contribution >= 4 is 17.6 Å². The quantitative estimate of drug-likeness (QED) is 0.904. The van der Waals surface area contributed by atoms with Gasteiger partial charge in [0.1, 0.15) is 0 Å². The summed E-state index contributed by atoms with van der Waals surface area (Å²) in [5.74, 6) is -0.729. The van der Waals surface area contributed by atoms with E-state index in [-0.39, 0.29) is 5.91 Å². The number of carboxylic acids is 1. The first-order valence-electron chi connectivity index (χ1n) is 7.04. The molecule has 3 rings (SSSR count). The van der Waals surface area contributed by atoms with Gasteiger partial charge in [-0.3, -0.25) is 4.79 Å². The highest BCUT2D eigenvalue weighted by Crippen LogP contribution is 2.28. The van der Waals surface area contributed by atoms with Crippen molar-refractivity contribution < 1.29 is 14.7 Å². The Morgan fingerprint density at radius 2 is 1.95 bits per heavy atom. The summed E-state index contributed by atoms with van der Waals surface area (Å²) in [5.41, 5.74) is 2.36. The van der Waals surface area contributed by atoms with Crippen molar-refractivity contribution in [3.8, 4) is 0 Å². The number of aryl methyl sites for hydroxylation is 1. The Labute approximate surface area is 117 Å². The zero-order chi connectivity index (χ0) is 14.1. The van der Waals surface area contributed by atoms with E-state index in [0.29, 0.717) is 12.1 Å². The summed E-state index contributed by atoms with van der Waals surface area (Å²) in [6, 6.07) is 5.19. The normalized spacial score (nSPS) is 17.4. The van der Waals surface area contributed by atoms with Gasteiger partial charge in [0.05, 0.1) is 12.1 Å². The van der Waals surface area contributed by atoms with Crippen molar-refractivity contribution in [2.45, 2.75) is 19.3 Å². The Bertz CT molecular complexity index is 552. The number of carbonyl (C=O) groups excluding carboxylic acids is 1. The molecule has 2 aliphatic heterocycles. The minimum absolute atomic E-state index is 0.173. The van der Waals surface area contributed by atoms with Crippen molar-refractivity contribution in [3.05, 3.63) is 29.3 Å². The van der Waals surface area contributed by atoms with Gasteiger partial charge in [-0.2, -0.15) is 0 Å². The second-order valence-electron chi connectivity index (χ2n) is 5.41. The van der Waals surface area contributed by atoms with E-state index in [2.05, 4.69) is 4.90 Å². The number of fused-ring (bicyclic) bond motifs is 1. The molecule has 20 heavy (non-hydrogen) atoms. The van der Waals surface area contributed by atoms with Crippen LogP contribution in [0.3, 0.4) is 0 Å². The molecular weight excluding hydrogens is 256 g/mol. The smallest absolute Gasteiger partial charge is 0.335 e. The SMILES string of the molecule is O=C(O)c1ccc2c(c1)CCCN2CC(=O)N1CCC1. The standard InChI is InChI=1S/C15H18N2O3/c18-14(16-7-2-8-16)10-17-6-1-3-11-9-12(15(19)20)4-5-13(11)17/h4-5,9H,1-3,6-8,10H2,(H,19,20). The maximum absolute atomic E-state index is 12.1. The van der Waals surface area contributed by atoms with E-state index in [9.17, 15) is 9.59 Å². The van der Waals surface area contributed by atoms with Crippen LogP contribution in [0.2, 0.25) is 0 Å². The number of benzene rings is 1. The van der Waals surface area contributed by atoms with Crippen LogP contribution in [0.5, 0.6) is 0 Å². The third kappa shape index (κ3) is 2.35. The number of anilines is 1. The van der Waals surface area contributed by atoms with Gasteiger partial charge in [-0.05, 0) is 43.0 Å². The summed E-state index contributed by atoms with van der Waals surface area (Å²) < 4.78 is 0. The largest absolute Gasteiger partial charge is 0.478 e. The predicted molar refractivity (Wildman–Crippen MR) is 75.1 cm³/mol. The minimum Gasteiger partial charge on any atom is -0.478 e. The number of carboxylic acid groups (broad SMARTS) is 1. The predicted octanol–water partition coefficient (Wildman–Crippen LogP) is 1.37. The first-order chi connectivity index (χ1) is 9.65. The van der Waals surface area contributed by atoms with Crippen LogP contribution >= 0.6 is 0 Å². The third-order valence-electron chi connectivity index (χ3n) is 4.08. The van der Waals surface area contributed by atoms with E-state index in [1.165, 1.54) is 0 Å². The van der Waals surface area contributed by atoms with Crippen LogP contribution in [0.25, 0.3) is 0 Å². The van der Waals surface area contributed by atoms with Gasteiger partial charge in [-0.1, -0.05) is 0 Å². The van der Waals surface area contributed by atoms with Gasteiger partial charge in [0.15, 0.2) is 0 Å². The first kappa shape index (κ1) is 13.0. The lowest BCUT2D eigenvalue weighted by Crippen LogP contribution is -2.48. The molecule has 2 aliphatic rings. The first-order valence-corrected chi connectivity index (χ1v) is 7.04. The fourth-order valence-electron chi connectivity index (χ4n) is 2.80. The lowest BCUT2D eigenvalue weighted by atomic mass is 9.99. The Morgan fingerprint density at radius 1 is 1.15 bits per heavy atom. The number of hydrogen-bond acceptors (Lipinski definition) is 3. The Balaban J connectivity index is 1.78. The summed E-state index contributed by atoms with van der Waals surface area (Å²) in [6.07, 6.45) is 2.94. The molecule has 5 nitrogen and oxygen atoms in total. The number of aromatic carboxylic acids is 1. The van der Waals surface area contributed by atoms with Gasteiger partial charge in [-0.15, -0.1) is 0 Å². The van der Waals surface area contributed by atoms with Crippen molar-refractivity contribution in [2.75, 3.05) is 31.1 Å². The Hall–Kier alpha value is -2.04. The monoisotopic (exact) mass is 274 g/mol. The fraction of sp³-hybridized carbons (Fsp3) is 0.467. The molecule has 0 atom stereocenters. The van der Waals surface area contributed by atoms with Crippen molar-refractivity contribution in [1.82, 2.24) is 4.90 Å². The zero-order valence-electron chi connectivity index (χ0n) is 11.3. The minimum atomic E-state index is -0.901. The van der Waals surface area contributed by atoms with Crippen molar-refractivity contribution in [1.29, 1.82) is 0 Å².